The van der Waals surface area contributed by atoms with Crippen LogP contribution in [0.25, 0.3) is 0 Å². The molecule has 15 heavy (non-hydrogen) atoms. The molecule has 0 amide bonds. The summed E-state index contributed by atoms with van der Waals surface area (Å²) in [7, 11) is 0. The van der Waals surface area contributed by atoms with E-state index in [0.29, 0.717) is 17.6 Å². The molecule has 0 aromatic carbocycles. The second kappa shape index (κ2) is 4.95. The van der Waals surface area contributed by atoms with Crippen LogP contribution < -0.4 is 5.73 Å². The maximum atomic E-state index is 6.12. The van der Waals surface area contributed by atoms with E-state index in [-0.39, 0.29) is 0 Å². The minimum Gasteiger partial charge on any atom is -0.330 e. The molecule has 0 aliphatic heterocycles. The molecule has 0 atom stereocenters. The maximum absolute atomic E-state index is 6.12. The fourth-order valence-electron chi connectivity index (χ4n) is 2.27. The van der Waals surface area contributed by atoms with Crippen LogP contribution in [0.1, 0.15) is 42.9 Å². The van der Waals surface area contributed by atoms with Crippen molar-refractivity contribution in [3.63, 3.8) is 0 Å². The summed E-state index contributed by atoms with van der Waals surface area (Å²) < 4.78 is 0. The van der Waals surface area contributed by atoms with E-state index in [1.807, 2.05) is 0 Å². The van der Waals surface area contributed by atoms with Crippen molar-refractivity contribution in [2.45, 2.75) is 38.0 Å². The van der Waals surface area contributed by atoms with E-state index < -0.39 is 0 Å². The fraction of sp³-hybridized carbons (Fsp3) is 0.583. The fourth-order valence-corrected chi connectivity index (χ4v) is 2.52. The Kier molecular flexibility index (Phi) is 3.60. The third kappa shape index (κ3) is 2.50. The van der Waals surface area contributed by atoms with Crippen LogP contribution in [0.15, 0.2) is 12.1 Å². The summed E-state index contributed by atoms with van der Waals surface area (Å²) in [6, 6.07) is 4.20. The minimum atomic E-state index is 0.629. The largest absolute Gasteiger partial charge is 0.330 e. The van der Waals surface area contributed by atoms with Gasteiger partial charge in [-0.15, -0.1) is 0 Å². The summed E-state index contributed by atoms with van der Waals surface area (Å²) >= 11 is 6.12. The van der Waals surface area contributed by atoms with Gasteiger partial charge in [0.15, 0.2) is 0 Å². The third-order valence-electron chi connectivity index (χ3n) is 3.13. The normalized spacial score (nSPS) is 17.2. The summed E-state index contributed by atoms with van der Waals surface area (Å²) in [6.45, 7) is 0.629. The monoisotopic (exact) mass is 224 g/mol. The average molecular weight is 225 g/mol. The molecule has 3 heteroatoms. The smallest absolute Gasteiger partial charge is 0.132 e. The Morgan fingerprint density at radius 3 is 2.67 bits per heavy atom. The Hall–Kier alpha value is -0.600. The molecule has 0 radical (unpaired) electrons. The number of halogens is 1. The summed E-state index contributed by atoms with van der Waals surface area (Å²) in [5.74, 6) is 0.634. The van der Waals surface area contributed by atoms with Crippen molar-refractivity contribution in [2.24, 2.45) is 5.73 Å². The first-order chi connectivity index (χ1) is 7.31. The standard InChI is InChI=1S/C12H17ClN2/c13-12-10(7-8-14)5-6-11(15-12)9-3-1-2-4-9/h5-6,9H,1-4,7-8,14H2. The Labute approximate surface area is 95.8 Å². The third-order valence-corrected chi connectivity index (χ3v) is 3.46. The van der Waals surface area contributed by atoms with Crippen LogP contribution in [0.4, 0.5) is 0 Å². The molecule has 1 saturated carbocycles. The highest BCUT2D eigenvalue weighted by atomic mass is 35.5. The molecule has 2 rings (SSSR count). The van der Waals surface area contributed by atoms with E-state index in [0.717, 1.165) is 12.0 Å². The van der Waals surface area contributed by atoms with E-state index in [1.165, 1.54) is 31.4 Å². The van der Waals surface area contributed by atoms with E-state index in [4.69, 9.17) is 17.3 Å². The van der Waals surface area contributed by atoms with Gasteiger partial charge in [0, 0.05) is 11.6 Å². The van der Waals surface area contributed by atoms with Crippen molar-refractivity contribution >= 4 is 11.6 Å². The van der Waals surface area contributed by atoms with E-state index in [9.17, 15) is 0 Å². The van der Waals surface area contributed by atoms with Gasteiger partial charge in [0.1, 0.15) is 5.15 Å². The minimum absolute atomic E-state index is 0.629. The molecule has 2 N–H and O–H groups in total. The predicted octanol–water partition coefficient (Wildman–Crippen LogP) is 2.89. The molecule has 1 aromatic rings. The van der Waals surface area contributed by atoms with Gasteiger partial charge in [0.2, 0.25) is 0 Å². The topological polar surface area (TPSA) is 38.9 Å². The van der Waals surface area contributed by atoms with Crippen molar-refractivity contribution < 1.29 is 0 Å². The first-order valence-corrected chi connectivity index (χ1v) is 6.04. The van der Waals surface area contributed by atoms with Gasteiger partial charge >= 0.3 is 0 Å². The maximum Gasteiger partial charge on any atom is 0.132 e. The summed E-state index contributed by atoms with van der Waals surface area (Å²) in [5, 5.41) is 0.643. The molecule has 1 aliphatic carbocycles. The van der Waals surface area contributed by atoms with Gasteiger partial charge in [-0.2, -0.15) is 0 Å². The van der Waals surface area contributed by atoms with Gasteiger partial charge in [-0.1, -0.05) is 30.5 Å². The Balaban J connectivity index is 2.16. The molecule has 1 fully saturated rings. The molecule has 2 nitrogen and oxygen atoms in total. The van der Waals surface area contributed by atoms with Gasteiger partial charge in [-0.3, -0.25) is 0 Å². The highest BCUT2D eigenvalue weighted by Gasteiger charge is 2.18. The number of pyridine rings is 1. The van der Waals surface area contributed by atoms with Crippen LogP contribution in [0.2, 0.25) is 5.15 Å². The second-order valence-electron chi connectivity index (χ2n) is 4.21. The Morgan fingerprint density at radius 1 is 1.33 bits per heavy atom. The number of aromatic nitrogens is 1. The van der Waals surface area contributed by atoms with Gasteiger partial charge in [-0.25, -0.2) is 4.98 Å². The van der Waals surface area contributed by atoms with Crippen molar-refractivity contribution in [1.29, 1.82) is 0 Å². The van der Waals surface area contributed by atoms with Gasteiger partial charge in [0.25, 0.3) is 0 Å². The molecular formula is C12H17ClN2. The van der Waals surface area contributed by atoms with Crippen LogP contribution in [0, 0.1) is 0 Å². The molecule has 0 unspecified atom stereocenters. The number of rotatable bonds is 3. The lowest BCUT2D eigenvalue weighted by atomic mass is 10.0. The summed E-state index contributed by atoms with van der Waals surface area (Å²) in [5.41, 5.74) is 7.74. The van der Waals surface area contributed by atoms with E-state index in [1.54, 1.807) is 0 Å². The summed E-state index contributed by atoms with van der Waals surface area (Å²) in [4.78, 5) is 4.48. The van der Waals surface area contributed by atoms with Crippen molar-refractivity contribution in [3.8, 4) is 0 Å². The molecule has 0 bridgehead atoms. The van der Waals surface area contributed by atoms with Crippen LogP contribution >= 0.6 is 11.6 Å². The van der Waals surface area contributed by atoms with Crippen LogP contribution in [0.5, 0.6) is 0 Å². The number of hydrogen-bond acceptors (Lipinski definition) is 2. The second-order valence-corrected chi connectivity index (χ2v) is 4.56. The van der Waals surface area contributed by atoms with Crippen molar-refractivity contribution in [1.82, 2.24) is 4.98 Å². The predicted molar refractivity (Wildman–Crippen MR) is 63.2 cm³/mol. The lowest BCUT2D eigenvalue weighted by molar-refractivity contribution is 0.696. The molecule has 82 valence electrons. The number of hydrogen-bond donors (Lipinski definition) is 1. The highest BCUT2D eigenvalue weighted by Crippen LogP contribution is 2.33. The summed E-state index contributed by atoms with van der Waals surface area (Å²) in [6.07, 6.45) is 6.00. The molecule has 1 aromatic heterocycles. The molecular weight excluding hydrogens is 208 g/mol. The first-order valence-electron chi connectivity index (χ1n) is 5.66. The van der Waals surface area contributed by atoms with Gasteiger partial charge in [0.05, 0.1) is 0 Å². The van der Waals surface area contributed by atoms with E-state index >= 15 is 0 Å². The molecule has 0 spiro atoms. The lowest BCUT2D eigenvalue weighted by Gasteiger charge is -2.10. The van der Waals surface area contributed by atoms with E-state index in [2.05, 4.69) is 17.1 Å². The average Bonchev–Trinajstić information content (AvgIpc) is 2.74. The van der Waals surface area contributed by atoms with Crippen LogP contribution in [0.3, 0.4) is 0 Å². The van der Waals surface area contributed by atoms with Crippen molar-refractivity contribution in [3.05, 3.63) is 28.5 Å². The molecule has 1 aliphatic rings. The van der Waals surface area contributed by atoms with Crippen LogP contribution in [-0.4, -0.2) is 11.5 Å². The highest BCUT2D eigenvalue weighted by molar-refractivity contribution is 6.30. The zero-order chi connectivity index (χ0) is 10.7. The zero-order valence-electron chi connectivity index (χ0n) is 8.88. The first kappa shape index (κ1) is 10.9. The molecule has 0 saturated heterocycles. The number of nitrogens with two attached hydrogens (primary N) is 1. The lowest BCUT2D eigenvalue weighted by Crippen LogP contribution is -2.05. The zero-order valence-corrected chi connectivity index (χ0v) is 9.63. The number of nitrogens with zero attached hydrogens (tertiary/aromatic N) is 1. The quantitative estimate of drug-likeness (QED) is 0.802. The van der Waals surface area contributed by atoms with Gasteiger partial charge in [-0.05, 0) is 37.4 Å². The molecule has 1 heterocycles. The van der Waals surface area contributed by atoms with Crippen molar-refractivity contribution in [2.75, 3.05) is 6.54 Å². The van der Waals surface area contributed by atoms with Crippen LogP contribution in [-0.2, 0) is 6.42 Å². The van der Waals surface area contributed by atoms with Gasteiger partial charge < -0.3 is 5.73 Å². The SMILES string of the molecule is NCCc1ccc(C2CCCC2)nc1Cl. The Morgan fingerprint density at radius 2 is 2.07 bits per heavy atom. The Bertz CT molecular complexity index is 332.